The quantitative estimate of drug-likeness (QED) is 0.706. The van der Waals surface area contributed by atoms with E-state index in [-0.39, 0.29) is 5.02 Å². The Morgan fingerprint density at radius 3 is 2.38 bits per heavy atom. The van der Waals surface area contributed by atoms with Crippen LogP contribution in [-0.4, -0.2) is 47.5 Å². The average Bonchev–Trinajstić information content (AvgIpc) is 2.32. The van der Waals surface area contributed by atoms with Crippen LogP contribution in [-0.2, 0) is 20.0 Å². The first-order valence-electron chi connectivity index (χ1n) is 5.62. The van der Waals surface area contributed by atoms with Crippen molar-refractivity contribution in [3.05, 3.63) is 23.0 Å². The molecule has 0 unspecified atom stereocenters. The number of nitrogens with two attached hydrogens (primary N) is 1. The van der Waals surface area contributed by atoms with Crippen LogP contribution in [0.15, 0.2) is 17.0 Å². The van der Waals surface area contributed by atoms with E-state index in [1.54, 1.807) is 0 Å². The Kier molecular flexibility index (Phi) is 5.56. The van der Waals surface area contributed by atoms with E-state index in [1.165, 1.54) is 14.1 Å². The van der Waals surface area contributed by atoms with Gasteiger partial charge in [0, 0.05) is 25.7 Å². The highest BCUT2D eigenvalue weighted by Crippen LogP contribution is 2.24. The summed E-state index contributed by atoms with van der Waals surface area (Å²) >= 11 is 5.63. The van der Waals surface area contributed by atoms with E-state index in [1.807, 2.05) is 4.72 Å². The number of anilines is 1. The molecular formula is C10H15ClFN3O4S2. The van der Waals surface area contributed by atoms with Crippen LogP contribution in [0, 0.1) is 5.82 Å². The molecule has 1 aromatic rings. The van der Waals surface area contributed by atoms with Crippen molar-refractivity contribution >= 4 is 37.3 Å². The van der Waals surface area contributed by atoms with Crippen molar-refractivity contribution in [2.75, 3.05) is 32.1 Å². The molecule has 1 rings (SSSR count). The summed E-state index contributed by atoms with van der Waals surface area (Å²) in [6.45, 7) is -0.408. The molecule has 0 bridgehead atoms. The predicted octanol–water partition coefficient (Wildman–Crippen LogP) is 0.231. The van der Waals surface area contributed by atoms with E-state index < -0.39 is 48.7 Å². The van der Waals surface area contributed by atoms with Gasteiger partial charge in [0.1, 0.15) is 4.90 Å². The second-order valence-corrected chi connectivity index (χ2v) is 8.78. The fourth-order valence-corrected chi connectivity index (χ4v) is 3.65. The SMILES string of the molecule is CN(C)S(=O)(=O)CCNS(=O)(=O)c1cc(Cl)cc(N)c1F. The van der Waals surface area contributed by atoms with E-state index in [2.05, 4.69) is 0 Å². The lowest BCUT2D eigenvalue weighted by atomic mass is 10.3. The van der Waals surface area contributed by atoms with Gasteiger partial charge in [-0.3, -0.25) is 0 Å². The van der Waals surface area contributed by atoms with Crippen molar-refractivity contribution < 1.29 is 21.2 Å². The third-order valence-corrected chi connectivity index (χ3v) is 6.04. The Labute approximate surface area is 128 Å². The second-order valence-electron chi connectivity index (χ2n) is 4.30. The number of rotatable bonds is 6. The van der Waals surface area contributed by atoms with Crippen LogP contribution in [0.25, 0.3) is 0 Å². The molecule has 1 aromatic carbocycles. The molecule has 0 aliphatic carbocycles. The van der Waals surface area contributed by atoms with Crippen molar-refractivity contribution in [2.45, 2.75) is 4.90 Å². The van der Waals surface area contributed by atoms with E-state index in [9.17, 15) is 21.2 Å². The maximum atomic E-state index is 13.7. The highest BCUT2D eigenvalue weighted by Gasteiger charge is 2.23. The predicted molar refractivity (Wildman–Crippen MR) is 78.5 cm³/mol. The van der Waals surface area contributed by atoms with Gasteiger partial charge in [-0.2, -0.15) is 0 Å². The molecule has 0 aromatic heterocycles. The first-order valence-corrected chi connectivity index (χ1v) is 9.09. The minimum atomic E-state index is -4.26. The number of nitrogens with one attached hydrogen (secondary N) is 1. The lowest BCUT2D eigenvalue weighted by Crippen LogP contribution is -2.34. The first-order chi connectivity index (χ1) is 9.47. The summed E-state index contributed by atoms with van der Waals surface area (Å²) in [7, 11) is -5.18. The summed E-state index contributed by atoms with van der Waals surface area (Å²) in [4.78, 5) is -0.727. The smallest absolute Gasteiger partial charge is 0.243 e. The molecule has 120 valence electrons. The summed E-state index contributed by atoms with van der Waals surface area (Å²) in [5.41, 5.74) is 4.89. The number of nitrogens with zero attached hydrogens (tertiary/aromatic N) is 1. The molecule has 0 saturated heterocycles. The lowest BCUT2D eigenvalue weighted by molar-refractivity contribution is 0.519. The summed E-state index contributed by atoms with van der Waals surface area (Å²) in [5, 5.41) is -0.0461. The molecule has 0 atom stereocenters. The number of sulfonamides is 2. The third kappa shape index (κ3) is 4.51. The van der Waals surface area contributed by atoms with E-state index in [0.29, 0.717) is 0 Å². The maximum absolute atomic E-state index is 13.7. The zero-order valence-corrected chi connectivity index (χ0v) is 13.7. The number of halogens is 2. The van der Waals surface area contributed by atoms with Gasteiger partial charge in [0.05, 0.1) is 11.4 Å². The standard InChI is InChI=1S/C10H15ClFN3O4S2/c1-15(2)20(16,17)4-3-14-21(18,19)9-6-7(11)5-8(13)10(9)12/h5-6,14H,3-4,13H2,1-2H3. The summed E-state index contributed by atoms with van der Waals surface area (Å²) in [6, 6.07) is 1.97. The molecule has 0 fully saturated rings. The van der Waals surface area contributed by atoms with Crippen molar-refractivity contribution in [3.63, 3.8) is 0 Å². The second kappa shape index (κ2) is 6.44. The molecule has 7 nitrogen and oxygen atoms in total. The molecule has 0 amide bonds. The normalized spacial score (nSPS) is 12.8. The zero-order chi connectivity index (χ0) is 16.4. The summed E-state index contributed by atoms with van der Waals surface area (Å²) in [6.07, 6.45) is 0. The fraction of sp³-hybridized carbons (Fsp3) is 0.400. The topological polar surface area (TPSA) is 110 Å². The van der Waals surface area contributed by atoms with Gasteiger partial charge >= 0.3 is 0 Å². The first kappa shape index (κ1) is 18.1. The Bertz CT molecular complexity index is 735. The third-order valence-electron chi connectivity index (χ3n) is 2.53. The van der Waals surface area contributed by atoms with Gasteiger partial charge in [0.15, 0.2) is 5.82 Å². The average molecular weight is 360 g/mol. The van der Waals surface area contributed by atoms with Gasteiger partial charge < -0.3 is 5.73 Å². The number of hydrogen-bond acceptors (Lipinski definition) is 5. The summed E-state index contributed by atoms with van der Waals surface area (Å²) < 4.78 is 63.6. The Balaban J connectivity index is 2.94. The van der Waals surface area contributed by atoms with Gasteiger partial charge in [0.2, 0.25) is 20.0 Å². The largest absolute Gasteiger partial charge is 0.396 e. The van der Waals surface area contributed by atoms with Gasteiger partial charge in [-0.25, -0.2) is 30.3 Å². The van der Waals surface area contributed by atoms with Crippen LogP contribution in [0.5, 0.6) is 0 Å². The van der Waals surface area contributed by atoms with Crippen LogP contribution in [0.3, 0.4) is 0 Å². The zero-order valence-electron chi connectivity index (χ0n) is 11.3. The molecule has 21 heavy (non-hydrogen) atoms. The van der Waals surface area contributed by atoms with Crippen molar-refractivity contribution in [3.8, 4) is 0 Å². The van der Waals surface area contributed by atoms with Gasteiger partial charge in [-0.1, -0.05) is 11.6 Å². The Morgan fingerprint density at radius 1 is 1.29 bits per heavy atom. The van der Waals surface area contributed by atoms with E-state index >= 15 is 0 Å². The van der Waals surface area contributed by atoms with Crippen LogP contribution in [0.2, 0.25) is 5.02 Å². The van der Waals surface area contributed by atoms with Gasteiger partial charge in [-0.15, -0.1) is 0 Å². The van der Waals surface area contributed by atoms with Crippen LogP contribution >= 0.6 is 11.6 Å². The highest BCUT2D eigenvalue weighted by atomic mass is 35.5. The van der Waals surface area contributed by atoms with Crippen molar-refractivity contribution in [1.82, 2.24) is 9.03 Å². The Morgan fingerprint density at radius 2 is 1.86 bits per heavy atom. The van der Waals surface area contributed by atoms with Gasteiger partial charge in [-0.05, 0) is 12.1 Å². The Hall–Kier alpha value is -0.940. The molecule has 11 heteroatoms. The fourth-order valence-electron chi connectivity index (χ4n) is 1.35. The van der Waals surface area contributed by atoms with Crippen LogP contribution < -0.4 is 10.5 Å². The summed E-state index contributed by atoms with van der Waals surface area (Å²) in [5.74, 6) is -1.60. The molecular weight excluding hydrogens is 345 g/mol. The molecule has 0 heterocycles. The molecule has 0 aliphatic rings. The van der Waals surface area contributed by atoms with E-state index in [0.717, 1.165) is 16.4 Å². The number of benzene rings is 1. The van der Waals surface area contributed by atoms with Crippen LogP contribution in [0.4, 0.5) is 10.1 Å². The van der Waals surface area contributed by atoms with Crippen LogP contribution in [0.1, 0.15) is 0 Å². The van der Waals surface area contributed by atoms with E-state index in [4.69, 9.17) is 17.3 Å². The maximum Gasteiger partial charge on any atom is 0.243 e. The number of nitrogen functional groups attached to an aromatic ring is 1. The lowest BCUT2D eigenvalue weighted by Gasteiger charge is -2.12. The number of hydrogen-bond donors (Lipinski definition) is 2. The minimum absolute atomic E-state index is 0.0461. The highest BCUT2D eigenvalue weighted by molar-refractivity contribution is 7.90. The molecule has 3 N–H and O–H groups in total. The minimum Gasteiger partial charge on any atom is -0.396 e. The monoisotopic (exact) mass is 359 g/mol. The molecule has 0 aliphatic heterocycles. The molecule has 0 radical (unpaired) electrons. The molecule has 0 spiro atoms. The van der Waals surface area contributed by atoms with Gasteiger partial charge in [0.25, 0.3) is 0 Å². The van der Waals surface area contributed by atoms with Crippen molar-refractivity contribution in [2.24, 2.45) is 0 Å². The molecule has 0 saturated carbocycles. The van der Waals surface area contributed by atoms with Crippen molar-refractivity contribution in [1.29, 1.82) is 0 Å².